The molecule has 2 rings (SSSR count). The average Bonchev–Trinajstić information content (AvgIpc) is 2.76. The molecule has 2 heterocycles. The summed E-state index contributed by atoms with van der Waals surface area (Å²) in [6, 6.07) is 0. The fraction of sp³-hybridized carbons (Fsp3) is 0.545. The van der Waals surface area contributed by atoms with Gasteiger partial charge < -0.3 is 10.4 Å². The molecule has 0 aliphatic rings. The summed E-state index contributed by atoms with van der Waals surface area (Å²) in [5, 5.41) is 14.5. The number of imidazole rings is 1. The van der Waals surface area contributed by atoms with Crippen LogP contribution in [0.1, 0.15) is 25.2 Å². The lowest BCUT2D eigenvalue weighted by atomic mass is 10.1. The third-order valence-electron chi connectivity index (χ3n) is 2.69. The van der Waals surface area contributed by atoms with Gasteiger partial charge in [-0.25, -0.2) is 4.98 Å². The summed E-state index contributed by atoms with van der Waals surface area (Å²) in [4.78, 5) is 5.50. The normalized spacial score (nSPS) is 12.5. The van der Waals surface area contributed by atoms with E-state index in [1.165, 1.54) is 0 Å². The number of thiazole rings is 1. The molecule has 5 heteroatoms. The van der Waals surface area contributed by atoms with E-state index in [9.17, 15) is 5.11 Å². The van der Waals surface area contributed by atoms with E-state index in [1.807, 2.05) is 32.3 Å². The molecule has 2 N–H and O–H groups in total. The first-order valence-corrected chi connectivity index (χ1v) is 6.18. The van der Waals surface area contributed by atoms with Crippen molar-refractivity contribution in [2.75, 3.05) is 6.61 Å². The lowest BCUT2D eigenvalue weighted by Crippen LogP contribution is -2.42. The summed E-state index contributed by atoms with van der Waals surface area (Å²) >= 11 is 1.64. The lowest BCUT2D eigenvalue weighted by molar-refractivity contribution is 0.187. The largest absolute Gasteiger partial charge is 0.394 e. The summed E-state index contributed by atoms with van der Waals surface area (Å²) < 4.78 is 2.10. The minimum atomic E-state index is -0.257. The van der Waals surface area contributed by atoms with Crippen molar-refractivity contribution in [1.82, 2.24) is 14.7 Å². The highest BCUT2D eigenvalue weighted by Gasteiger charge is 2.17. The van der Waals surface area contributed by atoms with Gasteiger partial charge in [0, 0.05) is 23.7 Å². The number of fused-ring (bicyclic) bond motifs is 1. The summed E-state index contributed by atoms with van der Waals surface area (Å²) in [5.74, 6) is 0. The zero-order valence-electron chi connectivity index (χ0n) is 9.82. The van der Waals surface area contributed by atoms with E-state index < -0.39 is 0 Å². The second-order valence-electron chi connectivity index (χ2n) is 4.60. The van der Waals surface area contributed by atoms with E-state index in [0.717, 1.165) is 22.9 Å². The first-order valence-electron chi connectivity index (χ1n) is 5.30. The molecule has 0 radical (unpaired) electrons. The van der Waals surface area contributed by atoms with Crippen LogP contribution in [0.3, 0.4) is 0 Å². The molecular weight excluding hydrogens is 222 g/mol. The Balaban J connectivity index is 2.20. The molecule has 0 bridgehead atoms. The van der Waals surface area contributed by atoms with Gasteiger partial charge in [-0.2, -0.15) is 0 Å². The topological polar surface area (TPSA) is 49.6 Å². The molecule has 88 valence electrons. The smallest absolute Gasteiger partial charge is 0.194 e. The second kappa shape index (κ2) is 4.16. The fourth-order valence-electron chi connectivity index (χ4n) is 1.53. The van der Waals surface area contributed by atoms with Crippen LogP contribution in [-0.2, 0) is 6.54 Å². The fourth-order valence-corrected chi connectivity index (χ4v) is 2.31. The van der Waals surface area contributed by atoms with Gasteiger partial charge in [-0.1, -0.05) is 0 Å². The maximum Gasteiger partial charge on any atom is 0.194 e. The molecule has 0 atom stereocenters. The molecule has 0 saturated carbocycles. The number of aryl methyl sites for hydroxylation is 1. The molecule has 0 aromatic carbocycles. The zero-order chi connectivity index (χ0) is 11.8. The van der Waals surface area contributed by atoms with Crippen LogP contribution >= 0.6 is 11.3 Å². The van der Waals surface area contributed by atoms with Gasteiger partial charge in [0.05, 0.1) is 18.0 Å². The zero-order valence-corrected chi connectivity index (χ0v) is 10.6. The number of nitrogens with zero attached hydrogens (tertiary/aromatic N) is 2. The highest BCUT2D eigenvalue weighted by molar-refractivity contribution is 7.15. The van der Waals surface area contributed by atoms with Crippen LogP contribution in [0.4, 0.5) is 0 Å². The molecule has 0 spiro atoms. The number of hydrogen-bond donors (Lipinski definition) is 2. The van der Waals surface area contributed by atoms with Crippen LogP contribution in [-0.4, -0.2) is 26.6 Å². The van der Waals surface area contributed by atoms with Crippen LogP contribution in [0.2, 0.25) is 0 Å². The first-order chi connectivity index (χ1) is 7.53. The summed E-state index contributed by atoms with van der Waals surface area (Å²) in [6.07, 6.45) is 2.03. The maximum absolute atomic E-state index is 9.18. The molecule has 0 amide bonds. The highest BCUT2D eigenvalue weighted by Crippen LogP contribution is 2.17. The van der Waals surface area contributed by atoms with Crippen LogP contribution in [0.25, 0.3) is 4.96 Å². The average molecular weight is 239 g/mol. The molecule has 16 heavy (non-hydrogen) atoms. The van der Waals surface area contributed by atoms with Gasteiger partial charge in [0.1, 0.15) is 0 Å². The van der Waals surface area contributed by atoms with Crippen LogP contribution < -0.4 is 5.32 Å². The van der Waals surface area contributed by atoms with Gasteiger partial charge in [-0.15, -0.1) is 11.3 Å². The predicted molar refractivity (Wildman–Crippen MR) is 65.8 cm³/mol. The van der Waals surface area contributed by atoms with Gasteiger partial charge in [0.15, 0.2) is 4.96 Å². The number of nitrogens with one attached hydrogen (secondary N) is 1. The summed E-state index contributed by atoms with van der Waals surface area (Å²) in [5.41, 5.74) is 1.96. The lowest BCUT2D eigenvalue weighted by Gasteiger charge is -2.23. The van der Waals surface area contributed by atoms with Crippen molar-refractivity contribution in [3.05, 3.63) is 23.0 Å². The Bertz CT molecular complexity index is 486. The molecule has 0 aliphatic heterocycles. The number of rotatable bonds is 4. The second-order valence-corrected chi connectivity index (χ2v) is 5.47. The Morgan fingerprint density at radius 3 is 3.00 bits per heavy atom. The Morgan fingerprint density at radius 2 is 2.31 bits per heavy atom. The van der Waals surface area contributed by atoms with E-state index in [-0.39, 0.29) is 12.1 Å². The third kappa shape index (κ3) is 2.11. The monoisotopic (exact) mass is 239 g/mol. The molecular formula is C11H17N3OS. The minimum Gasteiger partial charge on any atom is -0.394 e. The Labute approximate surface area is 98.9 Å². The van der Waals surface area contributed by atoms with Crippen molar-refractivity contribution >= 4 is 16.3 Å². The van der Waals surface area contributed by atoms with Crippen molar-refractivity contribution in [2.45, 2.75) is 32.9 Å². The summed E-state index contributed by atoms with van der Waals surface area (Å²) in [7, 11) is 0. The molecule has 0 fully saturated rings. The van der Waals surface area contributed by atoms with Crippen LogP contribution in [0.5, 0.6) is 0 Å². The number of hydrogen-bond acceptors (Lipinski definition) is 4. The predicted octanol–water partition coefficient (Wildman–Crippen LogP) is 1.56. The Kier molecular flexibility index (Phi) is 3.01. The van der Waals surface area contributed by atoms with Crippen molar-refractivity contribution in [3.63, 3.8) is 0 Å². The summed E-state index contributed by atoms with van der Waals surface area (Å²) in [6.45, 7) is 6.82. The quantitative estimate of drug-likeness (QED) is 0.851. The molecule has 4 nitrogen and oxygen atoms in total. The highest BCUT2D eigenvalue weighted by atomic mass is 32.1. The number of aliphatic hydroxyl groups is 1. The van der Waals surface area contributed by atoms with E-state index in [0.29, 0.717) is 0 Å². The molecule has 2 aromatic heterocycles. The standard InChI is InChI=1S/C11H17N3OS/c1-8-9(6-12-11(2,3)7-15)14-4-5-16-10(14)13-8/h4-5,12,15H,6-7H2,1-3H3. The van der Waals surface area contributed by atoms with Gasteiger partial charge >= 0.3 is 0 Å². The Hall–Kier alpha value is -0.910. The van der Waals surface area contributed by atoms with Gasteiger partial charge in [-0.05, 0) is 20.8 Å². The van der Waals surface area contributed by atoms with E-state index in [4.69, 9.17) is 0 Å². The molecule has 0 aliphatic carbocycles. The van der Waals surface area contributed by atoms with Gasteiger partial charge in [0.25, 0.3) is 0 Å². The number of aromatic nitrogens is 2. The van der Waals surface area contributed by atoms with Crippen molar-refractivity contribution in [2.24, 2.45) is 0 Å². The molecule has 0 unspecified atom stereocenters. The maximum atomic E-state index is 9.18. The van der Waals surface area contributed by atoms with Crippen LogP contribution in [0, 0.1) is 6.92 Å². The first kappa shape index (κ1) is 11.6. The van der Waals surface area contributed by atoms with Crippen molar-refractivity contribution in [3.8, 4) is 0 Å². The molecule has 0 saturated heterocycles. The van der Waals surface area contributed by atoms with E-state index >= 15 is 0 Å². The van der Waals surface area contributed by atoms with E-state index in [1.54, 1.807) is 11.3 Å². The van der Waals surface area contributed by atoms with Crippen molar-refractivity contribution in [1.29, 1.82) is 0 Å². The Morgan fingerprint density at radius 1 is 1.56 bits per heavy atom. The SMILES string of the molecule is Cc1nc2sccn2c1CNC(C)(C)CO. The van der Waals surface area contributed by atoms with E-state index in [2.05, 4.69) is 14.7 Å². The minimum absolute atomic E-state index is 0.123. The third-order valence-corrected chi connectivity index (χ3v) is 3.45. The molecule has 2 aromatic rings. The van der Waals surface area contributed by atoms with Gasteiger partial charge in [-0.3, -0.25) is 4.40 Å². The van der Waals surface area contributed by atoms with Crippen LogP contribution in [0.15, 0.2) is 11.6 Å². The number of aliphatic hydroxyl groups excluding tert-OH is 1. The van der Waals surface area contributed by atoms with Crippen molar-refractivity contribution < 1.29 is 5.11 Å². The van der Waals surface area contributed by atoms with Gasteiger partial charge in [0.2, 0.25) is 0 Å².